The van der Waals surface area contributed by atoms with Crippen molar-refractivity contribution >= 4 is 34.7 Å². The Morgan fingerprint density at radius 3 is 2.64 bits per heavy atom. The maximum Gasteiger partial charge on any atom is 0.254 e. The number of piperazine rings is 1. The average Bonchev–Trinajstić information content (AvgIpc) is 3.97. The van der Waals surface area contributed by atoms with E-state index >= 15 is 0 Å². The van der Waals surface area contributed by atoms with E-state index < -0.39 is 18.1 Å². The van der Waals surface area contributed by atoms with Crippen LogP contribution in [0.4, 0.5) is 11.5 Å². The number of aryl methyl sites for hydroxylation is 1. The summed E-state index contributed by atoms with van der Waals surface area (Å²) in [5, 5.41) is 40.4. The zero-order valence-corrected chi connectivity index (χ0v) is 33.9. The fraction of sp³-hybridized carbons (Fsp3) is 0.429. The lowest BCUT2D eigenvalue weighted by Crippen LogP contribution is -2.58. The molecule has 0 radical (unpaired) electrons. The summed E-state index contributed by atoms with van der Waals surface area (Å²) in [5.41, 5.74) is 7.04. The van der Waals surface area contributed by atoms with E-state index in [1.165, 1.54) is 4.90 Å². The van der Waals surface area contributed by atoms with E-state index in [0.29, 0.717) is 30.2 Å². The van der Waals surface area contributed by atoms with Crippen LogP contribution < -0.4 is 20.3 Å². The molecule has 15 nitrogen and oxygen atoms in total. The second-order valence-corrected chi connectivity index (χ2v) is 16.5. The highest BCUT2D eigenvalue weighted by atomic mass is 32.1. The van der Waals surface area contributed by atoms with Crippen LogP contribution in [-0.2, 0) is 9.59 Å². The number of likely N-dealkylation sites (tertiary alicyclic amines) is 1. The van der Waals surface area contributed by atoms with Gasteiger partial charge in [-0.2, -0.15) is 0 Å². The Kier molecular flexibility index (Phi) is 11.3. The number of benzene rings is 2. The third kappa shape index (κ3) is 8.08. The molecule has 8 rings (SSSR count). The molecule has 3 aromatic heterocycles. The first-order valence-electron chi connectivity index (χ1n) is 19.8. The van der Waals surface area contributed by atoms with E-state index in [1.807, 2.05) is 75.7 Å². The second-order valence-electron chi connectivity index (χ2n) is 15.7. The molecule has 58 heavy (non-hydrogen) atoms. The molecule has 2 fully saturated rings. The number of ether oxygens (including phenoxy) is 1. The minimum absolute atomic E-state index is 0.0510. The predicted molar refractivity (Wildman–Crippen MR) is 220 cm³/mol. The van der Waals surface area contributed by atoms with Gasteiger partial charge in [-0.05, 0) is 54.2 Å². The minimum Gasteiger partial charge on any atom is -0.507 e. The lowest BCUT2D eigenvalue weighted by molar-refractivity contribution is -0.141. The summed E-state index contributed by atoms with van der Waals surface area (Å²) in [6, 6.07) is 17.9. The van der Waals surface area contributed by atoms with Gasteiger partial charge in [0.15, 0.2) is 11.6 Å². The van der Waals surface area contributed by atoms with Gasteiger partial charge in [0.2, 0.25) is 11.8 Å². The Labute approximate surface area is 341 Å². The maximum absolute atomic E-state index is 14.2. The fourth-order valence-corrected chi connectivity index (χ4v) is 9.07. The molecule has 0 saturated carbocycles. The molecule has 16 heteroatoms. The molecule has 0 aliphatic carbocycles. The van der Waals surface area contributed by atoms with Gasteiger partial charge in [0.25, 0.3) is 5.88 Å². The van der Waals surface area contributed by atoms with E-state index in [0.717, 1.165) is 59.4 Å². The van der Waals surface area contributed by atoms with Gasteiger partial charge in [-0.25, -0.2) is 4.98 Å². The third-order valence-electron chi connectivity index (χ3n) is 11.4. The molecule has 5 atom stereocenters. The Morgan fingerprint density at radius 2 is 1.88 bits per heavy atom. The number of carbonyl (C=O) groups is 2. The summed E-state index contributed by atoms with van der Waals surface area (Å²) in [6.07, 6.45) is -0.677. The number of amides is 2. The Morgan fingerprint density at radius 1 is 1.07 bits per heavy atom. The number of fused-ring (bicyclic) bond motifs is 3. The number of rotatable bonds is 12. The number of phenols is 1. The summed E-state index contributed by atoms with van der Waals surface area (Å²) in [6.45, 7) is 12.0. The van der Waals surface area contributed by atoms with Gasteiger partial charge in [0, 0.05) is 57.3 Å². The molecule has 4 N–H and O–H groups in total. The molecular formula is C42H49N9O6S. The van der Waals surface area contributed by atoms with Gasteiger partial charge >= 0.3 is 0 Å². The third-order valence-corrected chi connectivity index (χ3v) is 12.4. The van der Waals surface area contributed by atoms with Crippen LogP contribution in [0.3, 0.4) is 0 Å². The zero-order valence-electron chi connectivity index (χ0n) is 33.0. The Hall–Kier alpha value is -5.58. The van der Waals surface area contributed by atoms with Crippen molar-refractivity contribution in [2.75, 3.05) is 56.1 Å². The first-order chi connectivity index (χ1) is 28.0. The van der Waals surface area contributed by atoms with E-state index in [4.69, 9.17) is 9.26 Å². The first-order valence-corrected chi connectivity index (χ1v) is 20.7. The highest BCUT2D eigenvalue weighted by molar-refractivity contribution is 7.13. The molecule has 304 valence electrons. The molecule has 3 aliphatic heterocycles. The standard InChI is InChI=1S/C42H49N9O6S/c1-24(2)38(42(55)51-22-30(52)17-34(51)41(54)45-25(3)27-9-11-28(12-10-27)39-26(4)44-23-58-39)36-19-37(48-57-36)56-16-15-49-13-14-50-29(21-49)20-43-40-33(50)18-32(46-47-40)31-7-5-6-8-35(31)53/h5-12,18-19,23-25,29-30,34,38,52-53H,13-17,20-22H2,1-4H3,(H,43,47)(H,45,54)/t25?,29?,30-,34+,38?/m1/s1. The smallest absolute Gasteiger partial charge is 0.254 e. The van der Waals surface area contributed by atoms with Gasteiger partial charge < -0.3 is 39.9 Å². The topological polar surface area (TPSA) is 182 Å². The summed E-state index contributed by atoms with van der Waals surface area (Å²) < 4.78 is 11.7. The quantitative estimate of drug-likeness (QED) is 0.135. The molecule has 3 aliphatic rings. The van der Waals surface area contributed by atoms with Crippen LogP contribution in [0.1, 0.15) is 56.2 Å². The van der Waals surface area contributed by atoms with Gasteiger partial charge in [0.1, 0.15) is 24.3 Å². The number of nitrogens with one attached hydrogen (secondary N) is 2. The maximum atomic E-state index is 14.2. The Balaban J connectivity index is 0.855. The number of aromatic nitrogens is 4. The van der Waals surface area contributed by atoms with Crippen molar-refractivity contribution in [1.29, 1.82) is 0 Å². The lowest BCUT2D eigenvalue weighted by atomic mass is 9.91. The fourth-order valence-electron chi connectivity index (χ4n) is 8.26. The van der Waals surface area contributed by atoms with E-state index in [2.05, 4.69) is 40.8 Å². The van der Waals surface area contributed by atoms with Crippen LogP contribution >= 0.6 is 11.3 Å². The molecule has 3 unspecified atom stereocenters. The number of nitrogens with zero attached hydrogens (tertiary/aromatic N) is 7. The number of anilines is 2. The van der Waals surface area contributed by atoms with E-state index in [9.17, 15) is 19.8 Å². The van der Waals surface area contributed by atoms with Crippen molar-refractivity contribution < 1.29 is 29.1 Å². The number of aliphatic hydroxyl groups is 1. The van der Waals surface area contributed by atoms with Crippen LogP contribution in [0.25, 0.3) is 21.7 Å². The first kappa shape index (κ1) is 39.3. The number of hydrogen-bond donors (Lipinski definition) is 4. The van der Waals surface area contributed by atoms with Crippen molar-refractivity contribution in [3.63, 3.8) is 0 Å². The summed E-state index contributed by atoms with van der Waals surface area (Å²) in [4.78, 5) is 39.5. The summed E-state index contributed by atoms with van der Waals surface area (Å²) >= 11 is 1.59. The van der Waals surface area contributed by atoms with Crippen LogP contribution in [-0.4, -0.2) is 116 Å². The number of aromatic hydroxyl groups is 1. The lowest BCUT2D eigenvalue weighted by Gasteiger charge is -2.45. The van der Waals surface area contributed by atoms with Crippen LogP contribution in [0.5, 0.6) is 11.6 Å². The molecule has 2 amide bonds. The van der Waals surface area contributed by atoms with Crippen LogP contribution in [0.2, 0.25) is 0 Å². The summed E-state index contributed by atoms with van der Waals surface area (Å²) in [7, 11) is 0. The molecule has 6 heterocycles. The van der Waals surface area contributed by atoms with E-state index in [-0.39, 0.29) is 54.4 Å². The van der Waals surface area contributed by atoms with Crippen molar-refractivity contribution in [3.8, 4) is 33.3 Å². The van der Waals surface area contributed by atoms with Crippen molar-refractivity contribution in [2.24, 2.45) is 5.92 Å². The SMILES string of the molecule is Cc1ncsc1-c1ccc(C(C)NC(=O)[C@@H]2C[C@@H](O)CN2C(=O)C(c2cc(OCCN3CCN4c5cc(-c6ccccc6O)nnc5NCC4C3)no2)C(C)C)cc1. The number of aliphatic hydroxyl groups excluding tert-OH is 1. The van der Waals surface area contributed by atoms with E-state index in [1.54, 1.807) is 29.5 Å². The number of hydrogen-bond acceptors (Lipinski definition) is 14. The van der Waals surface area contributed by atoms with Gasteiger partial charge in [-0.15, -0.1) is 21.5 Å². The Bertz CT molecular complexity index is 2250. The number of thiazole rings is 1. The highest BCUT2D eigenvalue weighted by Gasteiger charge is 2.43. The van der Waals surface area contributed by atoms with Crippen molar-refractivity contribution in [3.05, 3.63) is 83.2 Å². The molecule has 2 saturated heterocycles. The minimum atomic E-state index is -0.829. The normalized spacial score (nSPS) is 20.3. The second kappa shape index (κ2) is 16.7. The predicted octanol–water partition coefficient (Wildman–Crippen LogP) is 4.84. The number of β-amino-alcohol motifs (C(OH)–C–C–N with tert-alkyl or cyclic N) is 1. The number of para-hydroxylation sites is 1. The van der Waals surface area contributed by atoms with Crippen molar-refractivity contribution in [1.82, 2.24) is 35.5 Å². The van der Waals surface area contributed by atoms with Crippen LogP contribution in [0, 0.1) is 12.8 Å². The molecule has 5 aromatic rings. The average molecular weight is 808 g/mol. The van der Waals surface area contributed by atoms with Gasteiger partial charge in [-0.3, -0.25) is 14.5 Å². The van der Waals surface area contributed by atoms with Gasteiger partial charge in [-0.1, -0.05) is 50.2 Å². The van der Waals surface area contributed by atoms with Gasteiger partial charge in [0.05, 0.1) is 45.7 Å². The highest BCUT2D eigenvalue weighted by Crippen LogP contribution is 2.37. The monoisotopic (exact) mass is 807 g/mol. The molecule has 0 spiro atoms. The number of carbonyl (C=O) groups excluding carboxylic acids is 2. The largest absolute Gasteiger partial charge is 0.507 e. The summed E-state index contributed by atoms with van der Waals surface area (Å²) in [5.74, 6) is 0.0239. The molecular weight excluding hydrogens is 759 g/mol. The molecule has 2 aromatic carbocycles. The van der Waals surface area contributed by atoms with Crippen molar-refractivity contribution in [2.45, 2.75) is 64.3 Å². The number of phenolic OH excluding ortho intramolecular Hbond substituents is 1. The molecule has 0 bridgehead atoms. The van der Waals surface area contributed by atoms with Crippen LogP contribution in [0.15, 0.2) is 70.7 Å². The zero-order chi connectivity index (χ0) is 40.5.